The molecule has 1 saturated heterocycles. The second-order valence-corrected chi connectivity index (χ2v) is 7.33. The van der Waals surface area contributed by atoms with Crippen LogP contribution in [0.15, 0.2) is 16.5 Å². The molecule has 0 aromatic carbocycles. The van der Waals surface area contributed by atoms with Crippen LogP contribution in [0.2, 0.25) is 0 Å². The number of ether oxygens (including phenoxy) is 1. The lowest BCUT2D eigenvalue weighted by atomic mass is 10.2. The summed E-state index contributed by atoms with van der Waals surface area (Å²) in [5.41, 5.74) is 0. The third kappa shape index (κ3) is 2.85. The van der Waals surface area contributed by atoms with E-state index >= 15 is 0 Å². The molecule has 1 aromatic heterocycles. The molecule has 1 aromatic rings. The predicted octanol–water partition coefficient (Wildman–Crippen LogP) is 2.09. The Morgan fingerprint density at radius 1 is 1.53 bits per heavy atom. The van der Waals surface area contributed by atoms with E-state index in [-0.39, 0.29) is 12.6 Å². The molecule has 0 amide bonds. The third-order valence-electron chi connectivity index (χ3n) is 3.53. The van der Waals surface area contributed by atoms with E-state index in [1.807, 2.05) is 19.1 Å². The van der Waals surface area contributed by atoms with E-state index in [0.29, 0.717) is 6.54 Å². The lowest BCUT2D eigenvalue weighted by Gasteiger charge is -2.25. The smallest absolute Gasteiger partial charge is 0.219 e. The van der Waals surface area contributed by atoms with E-state index in [0.717, 1.165) is 24.4 Å². The summed E-state index contributed by atoms with van der Waals surface area (Å²) in [5.74, 6) is 1.55. The monoisotopic (exact) mass is 287 g/mol. The van der Waals surface area contributed by atoms with Crippen molar-refractivity contribution in [1.82, 2.24) is 4.31 Å². The van der Waals surface area contributed by atoms with Crippen LogP contribution in [-0.2, 0) is 14.8 Å². The molecule has 0 N–H and O–H groups in total. The number of hydrogen-bond acceptors (Lipinski definition) is 4. The molecule has 2 atom stereocenters. The van der Waals surface area contributed by atoms with Crippen molar-refractivity contribution in [3.8, 4) is 0 Å². The molecule has 6 heteroatoms. The lowest BCUT2D eigenvalue weighted by molar-refractivity contribution is 0.197. The Hall–Kier alpha value is -0.850. The number of nitrogens with zero attached hydrogens (tertiary/aromatic N) is 1. The second kappa shape index (κ2) is 5.64. The Kier molecular flexibility index (Phi) is 4.32. The normalized spacial score (nSPS) is 22.8. The van der Waals surface area contributed by atoms with Gasteiger partial charge in [0.2, 0.25) is 10.0 Å². The number of aryl methyl sites for hydroxylation is 1. The van der Waals surface area contributed by atoms with Gasteiger partial charge in [-0.2, -0.15) is 4.31 Å². The maximum atomic E-state index is 12.5. The molecule has 108 valence electrons. The summed E-state index contributed by atoms with van der Waals surface area (Å²) in [5, 5.41) is -0.533. The molecule has 2 rings (SSSR count). The topological polar surface area (TPSA) is 59.8 Å². The van der Waals surface area contributed by atoms with Crippen molar-refractivity contribution in [2.45, 2.75) is 38.0 Å². The van der Waals surface area contributed by atoms with Crippen molar-refractivity contribution < 1.29 is 17.6 Å². The summed E-state index contributed by atoms with van der Waals surface area (Å²) in [7, 11) is -1.82. The third-order valence-corrected chi connectivity index (χ3v) is 5.77. The van der Waals surface area contributed by atoms with Gasteiger partial charge in [-0.1, -0.05) is 0 Å². The highest BCUT2D eigenvalue weighted by Gasteiger charge is 2.39. The zero-order valence-corrected chi connectivity index (χ0v) is 12.4. The van der Waals surface area contributed by atoms with Crippen molar-refractivity contribution in [3.63, 3.8) is 0 Å². The molecule has 0 spiro atoms. The molecule has 1 fully saturated rings. The molecular weight excluding hydrogens is 266 g/mol. The van der Waals surface area contributed by atoms with E-state index < -0.39 is 15.3 Å². The Labute approximate surface area is 114 Å². The van der Waals surface area contributed by atoms with Gasteiger partial charge < -0.3 is 9.15 Å². The number of furan rings is 1. The SMILES string of the molecule is COC[C@@H](C)S(=O)(=O)N1CCC[C@@H]1c1ccc(C)o1. The fourth-order valence-corrected chi connectivity index (χ4v) is 4.23. The zero-order valence-electron chi connectivity index (χ0n) is 11.6. The van der Waals surface area contributed by atoms with Crippen LogP contribution in [0.5, 0.6) is 0 Å². The fourth-order valence-electron chi connectivity index (χ4n) is 2.51. The molecular formula is C13H21NO4S. The van der Waals surface area contributed by atoms with Crippen LogP contribution in [0.4, 0.5) is 0 Å². The predicted molar refractivity (Wildman–Crippen MR) is 72.4 cm³/mol. The molecule has 5 nitrogen and oxygen atoms in total. The first-order valence-corrected chi connectivity index (χ1v) is 8.03. The van der Waals surface area contributed by atoms with Gasteiger partial charge in [-0.15, -0.1) is 0 Å². The maximum absolute atomic E-state index is 12.5. The summed E-state index contributed by atoms with van der Waals surface area (Å²) in [6.45, 7) is 4.32. The van der Waals surface area contributed by atoms with E-state index in [4.69, 9.17) is 9.15 Å². The molecule has 0 bridgehead atoms. The van der Waals surface area contributed by atoms with Crippen molar-refractivity contribution in [1.29, 1.82) is 0 Å². The fraction of sp³-hybridized carbons (Fsp3) is 0.692. The van der Waals surface area contributed by atoms with Gasteiger partial charge in [-0.3, -0.25) is 0 Å². The Morgan fingerprint density at radius 3 is 2.84 bits per heavy atom. The van der Waals surface area contributed by atoms with Crippen LogP contribution >= 0.6 is 0 Å². The van der Waals surface area contributed by atoms with E-state index in [9.17, 15) is 8.42 Å². The molecule has 19 heavy (non-hydrogen) atoms. The Bertz CT molecular complexity index is 523. The zero-order chi connectivity index (χ0) is 14.0. The number of rotatable bonds is 5. The summed E-state index contributed by atoms with van der Waals surface area (Å²) >= 11 is 0. The van der Waals surface area contributed by atoms with Gasteiger partial charge in [-0.25, -0.2) is 8.42 Å². The minimum atomic E-state index is -3.34. The summed E-state index contributed by atoms with van der Waals surface area (Å²) in [4.78, 5) is 0. The first-order chi connectivity index (χ1) is 8.96. The van der Waals surface area contributed by atoms with E-state index in [1.165, 1.54) is 7.11 Å². The molecule has 1 aliphatic heterocycles. The van der Waals surface area contributed by atoms with E-state index in [2.05, 4.69) is 0 Å². The minimum Gasteiger partial charge on any atom is -0.465 e. The van der Waals surface area contributed by atoms with Crippen LogP contribution in [0.1, 0.15) is 37.3 Å². The van der Waals surface area contributed by atoms with Gasteiger partial charge in [0, 0.05) is 13.7 Å². The van der Waals surface area contributed by atoms with Crippen molar-refractivity contribution in [2.75, 3.05) is 20.3 Å². The number of methoxy groups -OCH3 is 1. The van der Waals surface area contributed by atoms with Crippen LogP contribution in [0.25, 0.3) is 0 Å². The quantitative estimate of drug-likeness (QED) is 0.832. The van der Waals surface area contributed by atoms with Gasteiger partial charge in [0.25, 0.3) is 0 Å². The van der Waals surface area contributed by atoms with Crippen molar-refractivity contribution in [3.05, 3.63) is 23.7 Å². The second-order valence-electron chi connectivity index (χ2n) is 5.03. The molecule has 0 saturated carbocycles. The molecule has 0 unspecified atom stereocenters. The van der Waals surface area contributed by atoms with Crippen molar-refractivity contribution in [2.24, 2.45) is 0 Å². The molecule has 0 radical (unpaired) electrons. The Balaban J connectivity index is 2.23. The highest BCUT2D eigenvalue weighted by atomic mass is 32.2. The maximum Gasteiger partial charge on any atom is 0.219 e. The largest absolute Gasteiger partial charge is 0.465 e. The molecule has 0 aliphatic carbocycles. The van der Waals surface area contributed by atoms with Gasteiger partial charge in [-0.05, 0) is 38.8 Å². The molecule has 1 aliphatic rings. The Morgan fingerprint density at radius 2 is 2.26 bits per heavy atom. The lowest BCUT2D eigenvalue weighted by Crippen LogP contribution is -2.38. The summed E-state index contributed by atoms with van der Waals surface area (Å²) < 4.78 is 37.2. The van der Waals surface area contributed by atoms with Gasteiger partial charge in [0.05, 0.1) is 17.9 Å². The first kappa shape index (κ1) is 14.6. The first-order valence-electron chi connectivity index (χ1n) is 6.52. The average molecular weight is 287 g/mol. The summed E-state index contributed by atoms with van der Waals surface area (Å²) in [6, 6.07) is 3.57. The number of hydrogen-bond donors (Lipinski definition) is 0. The standard InChI is InChI=1S/C13H21NO4S/c1-10-6-7-13(18-10)12-5-4-8-14(12)19(15,16)11(2)9-17-3/h6-7,11-12H,4-5,8-9H2,1-3H3/t11-,12-/m1/s1. The van der Waals surface area contributed by atoms with Gasteiger partial charge >= 0.3 is 0 Å². The minimum absolute atomic E-state index is 0.169. The van der Waals surface area contributed by atoms with Crippen LogP contribution in [0.3, 0.4) is 0 Å². The number of sulfonamides is 1. The van der Waals surface area contributed by atoms with Gasteiger partial charge in [0.15, 0.2) is 0 Å². The van der Waals surface area contributed by atoms with Gasteiger partial charge in [0.1, 0.15) is 11.5 Å². The summed E-state index contributed by atoms with van der Waals surface area (Å²) in [6.07, 6.45) is 1.68. The van der Waals surface area contributed by atoms with E-state index in [1.54, 1.807) is 11.2 Å². The highest BCUT2D eigenvalue weighted by molar-refractivity contribution is 7.89. The molecule has 2 heterocycles. The highest BCUT2D eigenvalue weighted by Crippen LogP contribution is 2.36. The van der Waals surface area contributed by atoms with Crippen LogP contribution in [0, 0.1) is 6.92 Å². The van der Waals surface area contributed by atoms with Crippen molar-refractivity contribution >= 4 is 10.0 Å². The van der Waals surface area contributed by atoms with Crippen LogP contribution < -0.4 is 0 Å². The average Bonchev–Trinajstić information content (AvgIpc) is 2.97. The van der Waals surface area contributed by atoms with Crippen LogP contribution in [-0.4, -0.2) is 38.2 Å².